The van der Waals surface area contributed by atoms with E-state index in [1.54, 1.807) is 24.3 Å². The average Bonchev–Trinajstić information content (AvgIpc) is 3.35. The Labute approximate surface area is 424 Å². The van der Waals surface area contributed by atoms with Crippen molar-refractivity contribution in [3.8, 4) is 23.0 Å². The van der Waals surface area contributed by atoms with Gasteiger partial charge in [0, 0.05) is 49.7 Å². The van der Waals surface area contributed by atoms with Crippen molar-refractivity contribution in [2.24, 2.45) is 0 Å². The standard InChI is InChI=1S/C64H92O6/c1-3-5-7-9-11-13-15-17-19-21-23-25-27-29-31-39-59(65)53-45-55-41-49-35-33-37-51(61(49)67)43-57-47-54(60(66)40-32-30-28-26-24-22-20-18-16-14-12-10-8-6-4-2)48-58(64(57)70)44-52-38-34-36-50(62(52)68)42-56(46-53)63(55)69/h33-38,45-48,67-70H,3-32,39-44H2,1-2H3. The Hall–Kier alpha value is -4.58. The first-order valence-corrected chi connectivity index (χ1v) is 28.5. The Balaban J connectivity index is 1.20. The summed E-state index contributed by atoms with van der Waals surface area (Å²) in [6, 6.07) is 18.1. The predicted octanol–water partition coefficient (Wildman–Crippen LogP) is 18.1. The zero-order chi connectivity index (χ0) is 49.8. The average molecular weight is 957 g/mol. The van der Waals surface area contributed by atoms with E-state index in [1.807, 2.05) is 36.4 Å². The van der Waals surface area contributed by atoms with Crippen molar-refractivity contribution in [1.82, 2.24) is 0 Å². The van der Waals surface area contributed by atoms with Gasteiger partial charge in [-0.3, -0.25) is 9.59 Å². The lowest BCUT2D eigenvalue weighted by atomic mass is 9.88. The summed E-state index contributed by atoms with van der Waals surface area (Å²) in [6.45, 7) is 4.54. The Morgan fingerprint density at radius 3 is 0.743 bits per heavy atom. The van der Waals surface area contributed by atoms with Crippen LogP contribution < -0.4 is 0 Å². The number of aromatic hydroxyl groups is 4. The van der Waals surface area contributed by atoms with Crippen molar-refractivity contribution in [2.75, 3.05) is 0 Å². The summed E-state index contributed by atoms with van der Waals surface area (Å²) in [7, 11) is 0. The fourth-order valence-electron chi connectivity index (χ4n) is 10.7. The first kappa shape index (κ1) is 56.3. The molecular formula is C64H92O6. The molecule has 70 heavy (non-hydrogen) atoms. The van der Waals surface area contributed by atoms with E-state index >= 15 is 0 Å². The van der Waals surface area contributed by atoms with Crippen molar-refractivity contribution in [1.29, 1.82) is 0 Å². The first-order chi connectivity index (χ1) is 34.2. The molecule has 0 radical (unpaired) electrons. The number of hydrogen-bond donors (Lipinski definition) is 4. The molecule has 1 aliphatic carbocycles. The number of benzene rings is 4. The maximum Gasteiger partial charge on any atom is 0.162 e. The van der Waals surface area contributed by atoms with E-state index in [1.165, 1.54) is 154 Å². The van der Waals surface area contributed by atoms with Crippen molar-refractivity contribution < 1.29 is 30.0 Å². The maximum absolute atomic E-state index is 13.8. The molecule has 0 atom stereocenters. The zero-order valence-electron chi connectivity index (χ0n) is 43.8. The number of carbonyl (C=O) groups is 2. The number of ketones is 2. The lowest BCUT2D eigenvalue weighted by molar-refractivity contribution is 0.0971. The van der Waals surface area contributed by atoms with Gasteiger partial charge in [-0.25, -0.2) is 0 Å². The van der Waals surface area contributed by atoms with Gasteiger partial charge in [-0.15, -0.1) is 0 Å². The van der Waals surface area contributed by atoms with E-state index in [0.717, 1.165) is 38.5 Å². The molecule has 0 amide bonds. The quantitative estimate of drug-likeness (QED) is 0.0241. The van der Waals surface area contributed by atoms with Crippen LogP contribution in [0.4, 0.5) is 0 Å². The highest BCUT2D eigenvalue weighted by atomic mass is 16.3. The third kappa shape index (κ3) is 19.2. The maximum atomic E-state index is 13.8. The van der Waals surface area contributed by atoms with Gasteiger partial charge in [0.05, 0.1) is 0 Å². The normalized spacial score (nSPS) is 12.4. The van der Waals surface area contributed by atoms with E-state index in [9.17, 15) is 30.0 Å². The summed E-state index contributed by atoms with van der Waals surface area (Å²) in [5.74, 6) is 0.269. The van der Waals surface area contributed by atoms with Crippen LogP contribution in [-0.2, 0) is 25.7 Å². The van der Waals surface area contributed by atoms with Crippen LogP contribution in [0.3, 0.4) is 0 Å². The molecule has 0 saturated carbocycles. The SMILES string of the molecule is CCCCCCCCCCCCCCCCCC(=O)c1cc2c(O)c(c1)Cc1cccc(c1O)Cc1cc(C(=O)CCCCCCCCCCCCCCCCC)cc(c1O)Cc1cccc(c1O)C2. The van der Waals surface area contributed by atoms with E-state index in [4.69, 9.17) is 0 Å². The van der Waals surface area contributed by atoms with Gasteiger partial charge in [-0.05, 0) is 81.6 Å². The summed E-state index contributed by atoms with van der Waals surface area (Å²) in [6.07, 6.45) is 39.4. The van der Waals surface area contributed by atoms with Crippen LogP contribution in [0.25, 0.3) is 0 Å². The summed E-state index contributed by atoms with van der Waals surface area (Å²) >= 11 is 0. The molecule has 5 rings (SSSR count). The molecule has 0 unspecified atom stereocenters. The fourth-order valence-corrected chi connectivity index (χ4v) is 10.7. The molecule has 8 bridgehead atoms. The van der Waals surface area contributed by atoms with Crippen LogP contribution in [0.5, 0.6) is 23.0 Å². The van der Waals surface area contributed by atoms with Crippen LogP contribution >= 0.6 is 0 Å². The van der Waals surface area contributed by atoms with E-state index in [2.05, 4.69) is 13.8 Å². The highest BCUT2D eigenvalue weighted by molar-refractivity contribution is 5.97. The molecule has 0 fully saturated rings. The van der Waals surface area contributed by atoms with Crippen LogP contribution in [0, 0.1) is 0 Å². The third-order valence-corrected chi connectivity index (χ3v) is 15.1. The molecule has 6 nitrogen and oxygen atoms in total. The van der Waals surface area contributed by atoms with Crippen molar-refractivity contribution in [3.05, 3.63) is 116 Å². The van der Waals surface area contributed by atoms with Gasteiger partial charge in [0.25, 0.3) is 0 Å². The third-order valence-electron chi connectivity index (χ3n) is 15.1. The van der Waals surface area contributed by atoms with Gasteiger partial charge in [0.2, 0.25) is 0 Å². The molecule has 4 N–H and O–H groups in total. The zero-order valence-corrected chi connectivity index (χ0v) is 43.8. The number of phenolic OH excluding ortho intramolecular Hbond substituents is 4. The molecule has 4 aromatic rings. The molecule has 0 spiro atoms. The minimum absolute atomic E-state index is 0.0291. The smallest absolute Gasteiger partial charge is 0.162 e. The molecule has 384 valence electrons. The van der Waals surface area contributed by atoms with Gasteiger partial charge >= 0.3 is 0 Å². The van der Waals surface area contributed by atoms with E-state index in [0.29, 0.717) is 68.5 Å². The van der Waals surface area contributed by atoms with Crippen molar-refractivity contribution in [2.45, 2.75) is 245 Å². The fraction of sp³-hybridized carbons (Fsp3) is 0.594. The van der Waals surface area contributed by atoms with Crippen LogP contribution in [-0.4, -0.2) is 32.0 Å². The van der Waals surface area contributed by atoms with Crippen LogP contribution in [0.2, 0.25) is 0 Å². The molecule has 4 aromatic carbocycles. The second-order valence-corrected chi connectivity index (χ2v) is 21.1. The van der Waals surface area contributed by atoms with Gasteiger partial charge in [0.1, 0.15) is 23.0 Å². The molecule has 0 heterocycles. The van der Waals surface area contributed by atoms with Crippen molar-refractivity contribution in [3.63, 3.8) is 0 Å². The molecule has 0 saturated heterocycles. The molecule has 0 aromatic heterocycles. The Morgan fingerprint density at radius 1 is 0.314 bits per heavy atom. The highest BCUT2D eigenvalue weighted by Gasteiger charge is 2.22. The number of para-hydroxylation sites is 2. The lowest BCUT2D eigenvalue weighted by Gasteiger charge is -2.18. The predicted molar refractivity (Wildman–Crippen MR) is 291 cm³/mol. The number of carbonyl (C=O) groups excluding carboxylic acids is 2. The topological polar surface area (TPSA) is 115 Å². The summed E-state index contributed by atoms with van der Waals surface area (Å²) in [4.78, 5) is 27.7. The van der Waals surface area contributed by atoms with Gasteiger partial charge in [-0.1, -0.05) is 230 Å². The lowest BCUT2D eigenvalue weighted by Crippen LogP contribution is -2.06. The van der Waals surface area contributed by atoms with E-state index < -0.39 is 0 Å². The van der Waals surface area contributed by atoms with Gasteiger partial charge in [0.15, 0.2) is 11.6 Å². The number of hydrogen-bond acceptors (Lipinski definition) is 6. The Morgan fingerprint density at radius 2 is 0.514 bits per heavy atom. The summed E-state index contributed by atoms with van der Waals surface area (Å²) in [5, 5.41) is 47.1. The number of unbranched alkanes of at least 4 members (excludes halogenated alkanes) is 28. The molecule has 1 aliphatic rings. The summed E-state index contributed by atoms with van der Waals surface area (Å²) in [5.41, 5.74) is 5.53. The van der Waals surface area contributed by atoms with Crippen LogP contribution in [0.15, 0.2) is 60.7 Å². The van der Waals surface area contributed by atoms with Gasteiger partial charge in [-0.2, -0.15) is 0 Å². The largest absolute Gasteiger partial charge is 0.507 e. The van der Waals surface area contributed by atoms with Crippen LogP contribution in [0.1, 0.15) is 285 Å². The Bertz CT molecular complexity index is 1920. The van der Waals surface area contributed by atoms with Gasteiger partial charge < -0.3 is 20.4 Å². The molecule has 6 heteroatoms. The van der Waals surface area contributed by atoms with Crippen molar-refractivity contribution >= 4 is 11.6 Å². The summed E-state index contributed by atoms with van der Waals surface area (Å²) < 4.78 is 0. The number of phenols is 4. The monoisotopic (exact) mass is 957 g/mol. The van der Waals surface area contributed by atoms with E-state index in [-0.39, 0.29) is 60.2 Å². The number of Topliss-reactive ketones (excluding diaryl/α,β-unsaturated/α-hetero) is 2. The molecular weight excluding hydrogens is 865 g/mol. The second-order valence-electron chi connectivity index (χ2n) is 21.1. The minimum atomic E-state index is 0.0291. The Kier molecular flexibility index (Phi) is 26.1. The number of rotatable bonds is 34. The molecule has 0 aliphatic heterocycles. The number of fused-ring (bicyclic) bond motifs is 8. The minimum Gasteiger partial charge on any atom is -0.507 e. The second kappa shape index (κ2) is 32.4. The highest BCUT2D eigenvalue weighted by Crippen LogP contribution is 2.39. The first-order valence-electron chi connectivity index (χ1n) is 28.5.